The van der Waals surface area contributed by atoms with Crippen molar-refractivity contribution < 1.29 is 22.0 Å². The van der Waals surface area contributed by atoms with Crippen LogP contribution in [0, 0.1) is 5.41 Å². The molecule has 0 unspecified atom stereocenters. The largest absolute Gasteiger partial charge is 0.433 e. The fourth-order valence-corrected chi connectivity index (χ4v) is 4.81. The molecule has 33 heavy (non-hydrogen) atoms. The number of piperidine rings is 1. The van der Waals surface area contributed by atoms with E-state index in [1.807, 2.05) is 4.90 Å². The molecule has 7 nitrogen and oxygen atoms in total. The van der Waals surface area contributed by atoms with Gasteiger partial charge < -0.3 is 9.80 Å². The van der Waals surface area contributed by atoms with E-state index in [4.69, 9.17) is 0 Å². The summed E-state index contributed by atoms with van der Waals surface area (Å²) in [5.74, 6) is 0.627. The number of hydrogen-bond donors (Lipinski definition) is 0. The van der Waals surface area contributed by atoms with Crippen LogP contribution in [0.4, 0.5) is 33.5 Å². The van der Waals surface area contributed by atoms with Gasteiger partial charge in [0, 0.05) is 38.1 Å². The van der Waals surface area contributed by atoms with Gasteiger partial charge in [0.2, 0.25) is 0 Å². The Balaban J connectivity index is 1.27. The van der Waals surface area contributed by atoms with Crippen LogP contribution in [0.25, 0.3) is 11.2 Å². The van der Waals surface area contributed by atoms with Crippen LogP contribution in [-0.2, 0) is 12.7 Å². The molecule has 0 atom stereocenters. The number of nitrogens with zero attached hydrogens (tertiary/aromatic N) is 7. The van der Waals surface area contributed by atoms with Crippen molar-refractivity contribution in [2.75, 3.05) is 36.0 Å². The second-order valence-corrected chi connectivity index (χ2v) is 8.71. The van der Waals surface area contributed by atoms with Gasteiger partial charge in [0.1, 0.15) is 23.6 Å². The van der Waals surface area contributed by atoms with Gasteiger partial charge in [-0.3, -0.25) is 4.98 Å². The molecule has 0 aromatic carbocycles. The van der Waals surface area contributed by atoms with E-state index < -0.39 is 24.8 Å². The predicted molar refractivity (Wildman–Crippen MR) is 111 cm³/mol. The second kappa shape index (κ2) is 8.07. The third-order valence-corrected chi connectivity index (χ3v) is 6.63. The first-order chi connectivity index (χ1) is 15.7. The molecule has 3 aromatic rings. The summed E-state index contributed by atoms with van der Waals surface area (Å²) in [6.07, 6.45) is -0.121. The minimum atomic E-state index is -4.47. The number of alkyl halides is 5. The number of halogens is 5. The zero-order valence-corrected chi connectivity index (χ0v) is 17.6. The molecule has 2 saturated heterocycles. The lowest BCUT2D eigenvalue weighted by atomic mass is 9.77. The number of anilines is 2. The van der Waals surface area contributed by atoms with Gasteiger partial charge in [-0.1, -0.05) is 0 Å². The third-order valence-electron chi connectivity index (χ3n) is 6.63. The van der Waals surface area contributed by atoms with Crippen LogP contribution in [0.5, 0.6) is 0 Å². The molecule has 0 aliphatic carbocycles. The topological polar surface area (TPSA) is 63.0 Å². The molecule has 2 fully saturated rings. The maximum Gasteiger partial charge on any atom is 0.433 e. The van der Waals surface area contributed by atoms with Crippen molar-refractivity contribution >= 4 is 22.7 Å². The van der Waals surface area contributed by atoms with Gasteiger partial charge >= 0.3 is 6.18 Å². The fraction of sp³-hybridized carbons (Fsp3) is 0.524. The number of fused-ring (bicyclic) bond motifs is 1. The van der Waals surface area contributed by atoms with E-state index in [0.29, 0.717) is 35.8 Å². The average molecular weight is 467 g/mol. The average Bonchev–Trinajstić information content (AvgIpc) is 3.38. The normalized spacial score (nSPS) is 18.7. The Kier molecular flexibility index (Phi) is 5.32. The zero-order chi connectivity index (χ0) is 23.2. The van der Waals surface area contributed by atoms with Crippen molar-refractivity contribution in [3.63, 3.8) is 0 Å². The lowest BCUT2D eigenvalue weighted by Gasteiger charge is -2.40. The molecule has 0 saturated carbocycles. The number of aromatic nitrogens is 5. The highest BCUT2D eigenvalue weighted by molar-refractivity contribution is 5.71. The molecule has 12 heteroatoms. The van der Waals surface area contributed by atoms with Crippen molar-refractivity contribution in [1.29, 1.82) is 0 Å². The van der Waals surface area contributed by atoms with Crippen LogP contribution in [0.1, 0.15) is 25.0 Å². The van der Waals surface area contributed by atoms with E-state index in [-0.39, 0.29) is 5.41 Å². The Morgan fingerprint density at radius 2 is 1.73 bits per heavy atom. The Morgan fingerprint density at radius 1 is 1.00 bits per heavy atom. The predicted octanol–water partition coefficient (Wildman–Crippen LogP) is 4.00. The number of hydrogen-bond acceptors (Lipinski definition) is 6. The highest BCUT2D eigenvalue weighted by Crippen LogP contribution is 2.42. The van der Waals surface area contributed by atoms with Crippen molar-refractivity contribution in [3.8, 4) is 0 Å². The maximum absolute atomic E-state index is 13.0. The first kappa shape index (κ1) is 21.8. The van der Waals surface area contributed by atoms with Crippen molar-refractivity contribution in [3.05, 3.63) is 36.4 Å². The zero-order valence-electron chi connectivity index (χ0n) is 17.6. The first-order valence-corrected chi connectivity index (χ1v) is 10.7. The molecule has 5 heterocycles. The van der Waals surface area contributed by atoms with E-state index >= 15 is 0 Å². The Hall–Kier alpha value is -3.05. The third kappa shape index (κ3) is 4.30. The van der Waals surface area contributed by atoms with Crippen LogP contribution in [0.15, 0.2) is 30.7 Å². The highest BCUT2D eigenvalue weighted by Gasteiger charge is 2.41. The van der Waals surface area contributed by atoms with Crippen LogP contribution < -0.4 is 9.80 Å². The first-order valence-electron chi connectivity index (χ1n) is 10.7. The highest BCUT2D eigenvalue weighted by atomic mass is 19.4. The van der Waals surface area contributed by atoms with Gasteiger partial charge in [0.25, 0.3) is 6.43 Å². The Labute approximate surface area is 186 Å². The van der Waals surface area contributed by atoms with E-state index in [2.05, 4.69) is 25.0 Å². The van der Waals surface area contributed by atoms with E-state index in [9.17, 15) is 22.0 Å². The monoisotopic (exact) mass is 467 g/mol. The lowest BCUT2D eigenvalue weighted by Crippen LogP contribution is -2.41. The van der Waals surface area contributed by atoms with Gasteiger partial charge in [-0.05, 0) is 36.8 Å². The minimum Gasteiger partial charge on any atom is -0.371 e. The van der Waals surface area contributed by atoms with E-state index in [1.54, 1.807) is 12.3 Å². The summed E-state index contributed by atoms with van der Waals surface area (Å²) >= 11 is 0. The minimum absolute atomic E-state index is 0.0379. The van der Waals surface area contributed by atoms with Crippen molar-refractivity contribution in [1.82, 2.24) is 24.7 Å². The summed E-state index contributed by atoms with van der Waals surface area (Å²) in [5.41, 5.74) is 0.493. The van der Waals surface area contributed by atoms with Crippen LogP contribution in [-0.4, -0.2) is 57.3 Å². The van der Waals surface area contributed by atoms with Crippen molar-refractivity contribution in [2.45, 2.75) is 38.4 Å². The molecule has 0 bridgehead atoms. The summed E-state index contributed by atoms with van der Waals surface area (Å²) < 4.78 is 65.8. The Bertz CT molecular complexity index is 1140. The molecule has 2 aliphatic heterocycles. The SMILES string of the molecule is FC(F)Cn1ncc2ncc(N3CCC4(CCN(c5ccnc(C(F)(F)F)c5)CC4)C3)nc21. The molecule has 176 valence electrons. The molecule has 0 N–H and O–H groups in total. The van der Waals surface area contributed by atoms with E-state index in [0.717, 1.165) is 38.4 Å². The summed E-state index contributed by atoms with van der Waals surface area (Å²) in [5, 5.41) is 3.96. The molecule has 2 aliphatic rings. The number of pyridine rings is 1. The van der Waals surface area contributed by atoms with Gasteiger partial charge in [0.15, 0.2) is 5.65 Å². The van der Waals surface area contributed by atoms with Gasteiger partial charge in [-0.2, -0.15) is 18.3 Å². The summed E-state index contributed by atoms with van der Waals surface area (Å²) in [4.78, 5) is 16.4. The van der Waals surface area contributed by atoms with Gasteiger partial charge in [-0.25, -0.2) is 23.4 Å². The summed E-state index contributed by atoms with van der Waals surface area (Å²) in [7, 11) is 0. The molecule has 0 amide bonds. The molecule has 3 aromatic heterocycles. The molecule has 1 spiro atoms. The van der Waals surface area contributed by atoms with Crippen LogP contribution in [0.2, 0.25) is 0 Å². The quantitative estimate of drug-likeness (QED) is 0.541. The smallest absolute Gasteiger partial charge is 0.371 e. The summed E-state index contributed by atoms with van der Waals surface area (Å²) in [6.45, 7) is 2.28. The molecular formula is C21H22F5N7. The maximum atomic E-state index is 13.0. The lowest BCUT2D eigenvalue weighted by molar-refractivity contribution is -0.141. The van der Waals surface area contributed by atoms with Crippen LogP contribution >= 0.6 is 0 Å². The van der Waals surface area contributed by atoms with Crippen molar-refractivity contribution in [2.24, 2.45) is 5.41 Å². The summed E-state index contributed by atoms with van der Waals surface area (Å²) in [6, 6.07) is 2.72. The molecular weight excluding hydrogens is 445 g/mol. The van der Waals surface area contributed by atoms with Gasteiger partial charge in [-0.15, -0.1) is 0 Å². The second-order valence-electron chi connectivity index (χ2n) is 8.71. The number of rotatable bonds is 4. The molecule has 5 rings (SSSR count). The standard InChI is InChI=1S/C21H22F5N7/c22-17(23)12-33-19-15(10-29-33)28-11-18(30-19)32-8-4-20(13-32)2-6-31(7-3-20)14-1-5-27-16(9-14)21(24,25)26/h1,5,9-11,17H,2-4,6-8,12-13H2. The van der Waals surface area contributed by atoms with E-state index in [1.165, 1.54) is 17.1 Å². The fourth-order valence-electron chi connectivity index (χ4n) is 4.81. The van der Waals surface area contributed by atoms with Gasteiger partial charge in [0.05, 0.1) is 12.4 Å². The molecule has 0 radical (unpaired) electrons. The van der Waals surface area contributed by atoms with Crippen LogP contribution in [0.3, 0.4) is 0 Å². The Morgan fingerprint density at radius 3 is 2.42 bits per heavy atom.